The van der Waals surface area contributed by atoms with E-state index in [-0.39, 0.29) is 12.5 Å². The molecule has 86 valence electrons. The molecule has 3 heteroatoms. The second kappa shape index (κ2) is 6.08. The molecule has 1 amide bonds. The van der Waals surface area contributed by atoms with E-state index < -0.39 is 0 Å². The van der Waals surface area contributed by atoms with Gasteiger partial charge in [-0.1, -0.05) is 29.8 Å². The Morgan fingerprint density at radius 3 is 2.50 bits per heavy atom. The summed E-state index contributed by atoms with van der Waals surface area (Å²) in [6, 6.07) is 7.51. The van der Waals surface area contributed by atoms with E-state index in [4.69, 9.17) is 5.11 Å². The second-order valence-electron chi connectivity index (χ2n) is 3.87. The van der Waals surface area contributed by atoms with Crippen LogP contribution >= 0.6 is 0 Å². The number of aliphatic hydroxyl groups is 1. The molecule has 0 saturated carbocycles. The fraction of sp³-hybridized carbons (Fsp3) is 0.308. The van der Waals surface area contributed by atoms with Crippen molar-refractivity contribution in [1.29, 1.82) is 0 Å². The fourth-order valence-electron chi connectivity index (χ4n) is 1.38. The topological polar surface area (TPSA) is 49.3 Å². The summed E-state index contributed by atoms with van der Waals surface area (Å²) in [4.78, 5) is 11.4. The Labute approximate surface area is 95.8 Å². The Morgan fingerprint density at radius 1 is 1.31 bits per heavy atom. The summed E-state index contributed by atoms with van der Waals surface area (Å²) >= 11 is 0. The molecular weight excluding hydrogens is 202 g/mol. The molecule has 0 bridgehead atoms. The van der Waals surface area contributed by atoms with E-state index in [0.717, 1.165) is 16.7 Å². The second-order valence-corrected chi connectivity index (χ2v) is 3.87. The Hall–Kier alpha value is -1.61. The molecule has 0 fully saturated rings. The van der Waals surface area contributed by atoms with Crippen molar-refractivity contribution in [3.63, 3.8) is 0 Å². The summed E-state index contributed by atoms with van der Waals surface area (Å²) in [5.41, 5.74) is 2.76. The number of hydrogen-bond donors (Lipinski definition) is 2. The number of hydrogen-bond acceptors (Lipinski definition) is 2. The Bertz CT molecular complexity index is 393. The minimum Gasteiger partial charge on any atom is -0.392 e. The minimum absolute atomic E-state index is 0.00527. The van der Waals surface area contributed by atoms with Gasteiger partial charge in [0.1, 0.15) is 0 Å². The van der Waals surface area contributed by atoms with Crippen molar-refractivity contribution in [2.45, 2.75) is 27.0 Å². The van der Waals surface area contributed by atoms with E-state index >= 15 is 0 Å². The zero-order valence-corrected chi connectivity index (χ0v) is 9.66. The number of benzene rings is 1. The molecule has 16 heavy (non-hydrogen) atoms. The van der Waals surface area contributed by atoms with Gasteiger partial charge >= 0.3 is 0 Å². The van der Waals surface area contributed by atoms with E-state index in [9.17, 15) is 4.79 Å². The van der Waals surface area contributed by atoms with Gasteiger partial charge in [-0.3, -0.25) is 4.79 Å². The van der Waals surface area contributed by atoms with E-state index in [1.54, 1.807) is 6.08 Å². The van der Waals surface area contributed by atoms with Crippen LogP contribution in [0.5, 0.6) is 0 Å². The normalized spacial score (nSPS) is 9.69. The third-order valence-corrected chi connectivity index (χ3v) is 2.16. The maximum Gasteiger partial charge on any atom is 0.244 e. The maximum atomic E-state index is 11.4. The van der Waals surface area contributed by atoms with Crippen molar-refractivity contribution in [1.82, 2.24) is 5.32 Å². The van der Waals surface area contributed by atoms with E-state index in [2.05, 4.69) is 5.32 Å². The molecule has 0 saturated heterocycles. The standard InChI is InChI=1S/C13H17NO2/c1-10(2)7-13(16)14-8-11-5-3-4-6-12(11)9-15/h3-7,15H,8-9H2,1-2H3,(H,14,16). The first-order chi connectivity index (χ1) is 7.63. The minimum atomic E-state index is -0.104. The molecule has 0 heterocycles. The van der Waals surface area contributed by atoms with Gasteiger partial charge in [0.25, 0.3) is 0 Å². The molecule has 0 unspecified atom stereocenters. The molecule has 1 aromatic carbocycles. The summed E-state index contributed by atoms with van der Waals surface area (Å²) in [5, 5.41) is 11.9. The number of carbonyl (C=O) groups excluding carboxylic acids is 1. The highest BCUT2D eigenvalue weighted by Gasteiger charge is 2.01. The van der Waals surface area contributed by atoms with Crippen molar-refractivity contribution in [3.05, 3.63) is 47.0 Å². The lowest BCUT2D eigenvalue weighted by atomic mass is 10.1. The van der Waals surface area contributed by atoms with Gasteiger partial charge in [0.15, 0.2) is 0 Å². The third-order valence-electron chi connectivity index (χ3n) is 2.16. The first-order valence-electron chi connectivity index (χ1n) is 5.24. The Morgan fingerprint density at radius 2 is 1.94 bits per heavy atom. The molecule has 0 aliphatic heterocycles. The van der Waals surface area contributed by atoms with Crippen molar-refractivity contribution in [2.75, 3.05) is 0 Å². The first kappa shape index (κ1) is 12.5. The fourth-order valence-corrected chi connectivity index (χ4v) is 1.38. The number of carbonyl (C=O) groups is 1. The molecule has 3 nitrogen and oxygen atoms in total. The van der Waals surface area contributed by atoms with Gasteiger partial charge in [0.2, 0.25) is 5.91 Å². The van der Waals surface area contributed by atoms with Crippen LogP contribution in [0.25, 0.3) is 0 Å². The molecule has 1 rings (SSSR count). The molecule has 1 aromatic rings. The predicted molar refractivity (Wildman–Crippen MR) is 63.6 cm³/mol. The van der Waals surface area contributed by atoms with Crippen LogP contribution in [0.2, 0.25) is 0 Å². The molecular formula is C13H17NO2. The largest absolute Gasteiger partial charge is 0.392 e. The average Bonchev–Trinajstić information content (AvgIpc) is 2.26. The van der Waals surface area contributed by atoms with Crippen LogP contribution in [0.4, 0.5) is 0 Å². The zero-order valence-electron chi connectivity index (χ0n) is 9.66. The van der Waals surface area contributed by atoms with Crippen LogP contribution in [-0.2, 0) is 17.9 Å². The number of rotatable bonds is 4. The molecule has 0 aliphatic rings. The quantitative estimate of drug-likeness (QED) is 0.758. The first-order valence-corrected chi connectivity index (χ1v) is 5.24. The molecule has 0 radical (unpaired) electrons. The van der Waals surface area contributed by atoms with Gasteiger partial charge < -0.3 is 10.4 Å². The zero-order chi connectivity index (χ0) is 12.0. The number of amides is 1. The molecule has 0 aliphatic carbocycles. The number of allylic oxidation sites excluding steroid dienone is 1. The molecule has 0 aromatic heterocycles. The van der Waals surface area contributed by atoms with Gasteiger partial charge in [-0.2, -0.15) is 0 Å². The average molecular weight is 219 g/mol. The van der Waals surface area contributed by atoms with Crippen molar-refractivity contribution < 1.29 is 9.90 Å². The van der Waals surface area contributed by atoms with Crippen LogP contribution in [0.3, 0.4) is 0 Å². The van der Waals surface area contributed by atoms with Crippen LogP contribution in [0, 0.1) is 0 Å². The number of aliphatic hydroxyl groups excluding tert-OH is 1. The Balaban J connectivity index is 2.61. The molecule has 0 atom stereocenters. The summed E-state index contributed by atoms with van der Waals surface area (Å²) < 4.78 is 0. The summed E-state index contributed by atoms with van der Waals surface area (Å²) in [7, 11) is 0. The van der Waals surface area contributed by atoms with Gasteiger partial charge in [0.05, 0.1) is 6.61 Å². The number of nitrogens with one attached hydrogen (secondary N) is 1. The summed E-state index contributed by atoms with van der Waals surface area (Å²) in [5.74, 6) is -0.104. The van der Waals surface area contributed by atoms with Crippen molar-refractivity contribution in [3.8, 4) is 0 Å². The van der Waals surface area contributed by atoms with Gasteiger partial charge in [0, 0.05) is 12.6 Å². The van der Waals surface area contributed by atoms with Gasteiger partial charge in [-0.25, -0.2) is 0 Å². The highest BCUT2D eigenvalue weighted by Crippen LogP contribution is 2.07. The summed E-state index contributed by atoms with van der Waals surface area (Å²) in [6.45, 7) is 4.19. The molecule has 0 spiro atoms. The van der Waals surface area contributed by atoms with Crippen LogP contribution in [-0.4, -0.2) is 11.0 Å². The van der Waals surface area contributed by atoms with Gasteiger partial charge in [-0.05, 0) is 25.0 Å². The van der Waals surface area contributed by atoms with Crippen LogP contribution in [0.15, 0.2) is 35.9 Å². The van der Waals surface area contributed by atoms with Crippen LogP contribution < -0.4 is 5.32 Å². The third kappa shape index (κ3) is 3.87. The smallest absolute Gasteiger partial charge is 0.244 e. The lowest BCUT2D eigenvalue weighted by Gasteiger charge is -2.07. The van der Waals surface area contributed by atoms with Crippen molar-refractivity contribution >= 4 is 5.91 Å². The van der Waals surface area contributed by atoms with E-state index in [1.807, 2.05) is 38.1 Å². The lowest BCUT2D eigenvalue weighted by Crippen LogP contribution is -2.21. The SMILES string of the molecule is CC(C)=CC(=O)NCc1ccccc1CO. The lowest BCUT2D eigenvalue weighted by molar-refractivity contribution is -0.116. The predicted octanol–water partition coefficient (Wildman–Crippen LogP) is 1.76. The maximum absolute atomic E-state index is 11.4. The van der Waals surface area contributed by atoms with Crippen LogP contribution in [0.1, 0.15) is 25.0 Å². The highest BCUT2D eigenvalue weighted by atomic mass is 16.3. The monoisotopic (exact) mass is 219 g/mol. The van der Waals surface area contributed by atoms with Gasteiger partial charge in [-0.15, -0.1) is 0 Å². The summed E-state index contributed by atoms with van der Waals surface area (Å²) in [6.07, 6.45) is 1.56. The molecule has 2 N–H and O–H groups in total. The van der Waals surface area contributed by atoms with Crippen molar-refractivity contribution in [2.24, 2.45) is 0 Å². The van der Waals surface area contributed by atoms with E-state index in [0.29, 0.717) is 6.54 Å². The van der Waals surface area contributed by atoms with E-state index in [1.165, 1.54) is 0 Å². The Kier molecular flexibility index (Phi) is 4.73. The highest BCUT2D eigenvalue weighted by molar-refractivity contribution is 5.87.